The number of rotatable bonds is 3. The summed E-state index contributed by atoms with van der Waals surface area (Å²) in [6, 6.07) is 0. The van der Waals surface area contributed by atoms with Crippen LogP contribution in [-0.2, 0) is 14.3 Å². The predicted molar refractivity (Wildman–Crippen MR) is 98.5 cm³/mol. The Labute approximate surface area is 161 Å². The highest BCUT2D eigenvalue weighted by atomic mass is 19.1. The van der Waals surface area contributed by atoms with E-state index in [2.05, 4.69) is 6.92 Å². The summed E-state index contributed by atoms with van der Waals surface area (Å²) in [5, 5.41) is 9.36. The smallest absolute Gasteiger partial charge is 0.302 e. The second-order valence-electron chi connectivity index (χ2n) is 9.87. The zero-order valence-electron chi connectivity index (χ0n) is 16.5. The molecule has 0 aliphatic heterocycles. The van der Waals surface area contributed by atoms with E-state index in [0.29, 0.717) is 30.1 Å². The van der Waals surface area contributed by atoms with Crippen molar-refractivity contribution in [3.63, 3.8) is 0 Å². The average molecular weight is 381 g/mol. The lowest BCUT2D eigenvalue weighted by atomic mass is 9.49. The molecule has 9 atom stereocenters. The van der Waals surface area contributed by atoms with E-state index < -0.39 is 12.8 Å². The first-order valence-corrected chi connectivity index (χ1v) is 10.8. The van der Waals surface area contributed by atoms with Gasteiger partial charge in [-0.25, -0.2) is 4.39 Å². The van der Waals surface area contributed by atoms with Crippen LogP contribution >= 0.6 is 0 Å². The van der Waals surface area contributed by atoms with Crippen molar-refractivity contribution >= 4 is 11.8 Å². The van der Waals surface area contributed by atoms with Gasteiger partial charge in [0.05, 0.1) is 0 Å². The monoisotopic (exact) mass is 380 g/mol. The van der Waals surface area contributed by atoms with Gasteiger partial charge in [-0.3, -0.25) is 9.59 Å². The number of fused-ring (bicyclic) bond motifs is 5. The summed E-state index contributed by atoms with van der Waals surface area (Å²) in [6.07, 6.45) is 6.21. The Hall–Kier alpha value is -0.970. The molecule has 4 fully saturated rings. The minimum absolute atomic E-state index is 0.00487. The van der Waals surface area contributed by atoms with E-state index in [4.69, 9.17) is 4.74 Å². The SMILES string of the molecule is CC(=O)O[C@H]1CC[C@H]2[C@@H](CC[C@@H]3[C@@H]2[C@H](F)C[C@]2(C)[C@@H](C(=O)CO)CC[C@@H]32)C1. The summed E-state index contributed by atoms with van der Waals surface area (Å²) in [5.74, 6) is 1.23. The minimum Gasteiger partial charge on any atom is -0.463 e. The molecule has 0 unspecified atom stereocenters. The first-order valence-electron chi connectivity index (χ1n) is 10.8. The van der Waals surface area contributed by atoms with E-state index >= 15 is 4.39 Å². The lowest BCUT2D eigenvalue weighted by Gasteiger charge is -2.57. The first-order chi connectivity index (χ1) is 12.8. The van der Waals surface area contributed by atoms with Crippen molar-refractivity contribution in [1.29, 1.82) is 0 Å². The number of alkyl halides is 1. The molecule has 4 saturated carbocycles. The summed E-state index contributed by atoms with van der Waals surface area (Å²) in [5.41, 5.74) is -0.290. The molecule has 0 amide bonds. The molecule has 4 aliphatic carbocycles. The van der Waals surface area contributed by atoms with Crippen molar-refractivity contribution in [1.82, 2.24) is 0 Å². The fraction of sp³-hybridized carbons (Fsp3) is 0.909. The molecule has 0 aromatic heterocycles. The van der Waals surface area contributed by atoms with Gasteiger partial charge in [0.15, 0.2) is 5.78 Å². The maximum absolute atomic E-state index is 15.6. The Bertz CT molecular complexity index is 607. The van der Waals surface area contributed by atoms with Gasteiger partial charge < -0.3 is 9.84 Å². The Morgan fingerprint density at radius 1 is 1.11 bits per heavy atom. The number of ether oxygens (including phenoxy) is 1. The van der Waals surface area contributed by atoms with Crippen molar-refractivity contribution in [2.24, 2.45) is 40.9 Å². The highest BCUT2D eigenvalue weighted by Crippen LogP contribution is 2.64. The minimum atomic E-state index is -0.860. The van der Waals surface area contributed by atoms with Gasteiger partial charge in [-0.2, -0.15) is 0 Å². The number of halogens is 1. The second-order valence-corrected chi connectivity index (χ2v) is 9.87. The van der Waals surface area contributed by atoms with Crippen molar-refractivity contribution in [3.05, 3.63) is 0 Å². The van der Waals surface area contributed by atoms with E-state index in [1.165, 1.54) is 6.92 Å². The van der Waals surface area contributed by atoms with Crippen LogP contribution in [0.25, 0.3) is 0 Å². The number of hydrogen-bond donors (Lipinski definition) is 1. The largest absolute Gasteiger partial charge is 0.463 e. The number of esters is 1. The molecule has 27 heavy (non-hydrogen) atoms. The summed E-state index contributed by atoms with van der Waals surface area (Å²) in [7, 11) is 0. The molecular weight excluding hydrogens is 347 g/mol. The van der Waals surface area contributed by atoms with Gasteiger partial charge in [-0.1, -0.05) is 6.92 Å². The predicted octanol–water partition coefficient (Wildman–Crippen LogP) is 3.70. The van der Waals surface area contributed by atoms with Crippen LogP contribution < -0.4 is 0 Å². The van der Waals surface area contributed by atoms with Crippen LogP contribution in [0.15, 0.2) is 0 Å². The van der Waals surface area contributed by atoms with Crippen molar-refractivity contribution in [2.75, 3.05) is 6.61 Å². The molecule has 152 valence electrons. The molecule has 4 rings (SSSR count). The average Bonchev–Trinajstić information content (AvgIpc) is 2.96. The van der Waals surface area contributed by atoms with Gasteiger partial charge >= 0.3 is 5.97 Å². The molecule has 0 spiro atoms. The van der Waals surface area contributed by atoms with Gasteiger partial charge in [0.1, 0.15) is 18.9 Å². The highest BCUT2D eigenvalue weighted by molar-refractivity contribution is 5.83. The van der Waals surface area contributed by atoms with Crippen LogP contribution in [0.2, 0.25) is 0 Å². The Morgan fingerprint density at radius 2 is 1.85 bits per heavy atom. The van der Waals surface area contributed by atoms with E-state index in [0.717, 1.165) is 44.9 Å². The standard InChI is InChI=1S/C22H33FO4/c1-12(25)27-14-4-6-15-13(9-14)3-5-16-17-7-8-18(20(26)11-24)22(17,2)10-19(23)21(15)16/h13-19,21,24H,3-11H2,1-2H3/t13-,14-,15-,16-,17-,18+,19+,21+,22-/m0/s1. The molecule has 0 heterocycles. The van der Waals surface area contributed by atoms with Crippen molar-refractivity contribution in [3.8, 4) is 0 Å². The molecular formula is C22H33FO4. The van der Waals surface area contributed by atoms with Crippen molar-refractivity contribution < 1.29 is 23.8 Å². The lowest BCUT2D eigenvalue weighted by Crippen LogP contribution is -2.54. The second kappa shape index (κ2) is 7.13. The summed E-state index contributed by atoms with van der Waals surface area (Å²) in [4.78, 5) is 23.6. The van der Waals surface area contributed by atoms with E-state index in [-0.39, 0.29) is 35.1 Å². The number of carbonyl (C=O) groups is 2. The number of aliphatic hydroxyl groups is 1. The number of aliphatic hydroxyl groups excluding tert-OH is 1. The van der Waals surface area contributed by atoms with E-state index in [1.54, 1.807) is 0 Å². The third-order valence-corrected chi connectivity index (χ3v) is 8.71. The molecule has 0 aromatic carbocycles. The van der Waals surface area contributed by atoms with Gasteiger partial charge in [0, 0.05) is 12.8 Å². The van der Waals surface area contributed by atoms with Crippen LogP contribution in [0.4, 0.5) is 4.39 Å². The molecule has 0 aromatic rings. The number of Topliss-reactive ketones (excluding diaryl/α,β-unsaturated/α-hetero) is 1. The topological polar surface area (TPSA) is 63.6 Å². The number of ketones is 1. The first kappa shape index (κ1) is 19.4. The normalized spacial score (nSPS) is 48.9. The van der Waals surface area contributed by atoms with Gasteiger partial charge in [-0.05, 0) is 86.4 Å². The highest BCUT2D eigenvalue weighted by Gasteiger charge is 2.61. The zero-order chi connectivity index (χ0) is 19.3. The Morgan fingerprint density at radius 3 is 2.56 bits per heavy atom. The van der Waals surface area contributed by atoms with Crippen LogP contribution in [0.1, 0.15) is 65.2 Å². The number of carbonyl (C=O) groups excluding carboxylic acids is 2. The van der Waals surface area contributed by atoms with Crippen LogP contribution in [0.3, 0.4) is 0 Å². The lowest BCUT2D eigenvalue weighted by molar-refractivity contribution is -0.156. The summed E-state index contributed by atoms with van der Waals surface area (Å²) in [6.45, 7) is 3.16. The fourth-order valence-corrected chi connectivity index (χ4v) is 7.80. The quantitative estimate of drug-likeness (QED) is 0.759. The van der Waals surface area contributed by atoms with E-state index in [1.807, 2.05) is 0 Å². The molecule has 5 heteroatoms. The van der Waals surface area contributed by atoms with Gasteiger partial charge in [-0.15, -0.1) is 0 Å². The van der Waals surface area contributed by atoms with Crippen LogP contribution in [0, 0.1) is 40.9 Å². The molecule has 1 N–H and O–H groups in total. The third-order valence-electron chi connectivity index (χ3n) is 8.71. The van der Waals surface area contributed by atoms with Crippen LogP contribution in [-0.4, -0.2) is 35.7 Å². The molecule has 0 bridgehead atoms. The van der Waals surface area contributed by atoms with Crippen LogP contribution in [0.5, 0.6) is 0 Å². The molecule has 0 radical (unpaired) electrons. The Balaban J connectivity index is 1.52. The summed E-state index contributed by atoms with van der Waals surface area (Å²) >= 11 is 0. The number of hydrogen-bond acceptors (Lipinski definition) is 4. The van der Waals surface area contributed by atoms with E-state index in [9.17, 15) is 14.7 Å². The molecule has 0 saturated heterocycles. The zero-order valence-corrected chi connectivity index (χ0v) is 16.5. The molecule has 4 nitrogen and oxygen atoms in total. The maximum Gasteiger partial charge on any atom is 0.302 e. The Kier molecular flexibility index (Phi) is 5.11. The summed E-state index contributed by atoms with van der Waals surface area (Å²) < 4.78 is 21.0. The third kappa shape index (κ3) is 3.14. The molecule has 4 aliphatic rings. The van der Waals surface area contributed by atoms with Gasteiger partial charge in [0.25, 0.3) is 0 Å². The maximum atomic E-state index is 15.6. The fourth-order valence-electron chi connectivity index (χ4n) is 7.80. The van der Waals surface area contributed by atoms with Crippen molar-refractivity contribution in [2.45, 2.75) is 77.5 Å². The van der Waals surface area contributed by atoms with Gasteiger partial charge in [0.2, 0.25) is 0 Å².